The van der Waals surface area contributed by atoms with Crippen molar-refractivity contribution < 1.29 is 24.2 Å². The van der Waals surface area contributed by atoms with Crippen molar-refractivity contribution >= 4 is 17.7 Å². The number of carbonyl (C=O) groups excluding carboxylic acids is 2. The third kappa shape index (κ3) is 2.69. The molecule has 1 unspecified atom stereocenters. The Hall–Kier alpha value is -1.39. The summed E-state index contributed by atoms with van der Waals surface area (Å²) in [4.78, 5) is 31.8. The minimum absolute atomic E-state index is 0.0654. The Morgan fingerprint density at radius 2 is 1.92 bits per heavy atom. The van der Waals surface area contributed by atoms with E-state index in [2.05, 4.69) is 4.74 Å². The fraction of sp³-hybridized carbons (Fsp3) is 0.571. The highest BCUT2D eigenvalue weighted by atomic mass is 16.5. The fourth-order valence-electron chi connectivity index (χ4n) is 0.666. The maximum absolute atomic E-state index is 10.8. The van der Waals surface area contributed by atoms with Gasteiger partial charge in [-0.15, -0.1) is 0 Å². The smallest absolute Gasteiger partial charge is 0.328 e. The number of Topliss-reactive ketones (excluding diaryl/α,β-unsaturated/α-hetero) is 1. The Morgan fingerprint density at radius 1 is 1.42 bits per heavy atom. The topological polar surface area (TPSA) is 80.7 Å². The molecule has 0 fully saturated rings. The molecule has 0 bridgehead atoms. The molecular formula is C7H10O5. The van der Waals surface area contributed by atoms with E-state index in [1.54, 1.807) is 0 Å². The average Bonchev–Trinajstić information content (AvgIpc) is 1.85. The molecule has 12 heavy (non-hydrogen) atoms. The average molecular weight is 174 g/mol. The summed E-state index contributed by atoms with van der Waals surface area (Å²) in [6.45, 7) is 2.64. The molecule has 0 aromatic rings. The first kappa shape index (κ1) is 10.6. The van der Waals surface area contributed by atoms with Gasteiger partial charge in [0, 0.05) is 0 Å². The van der Waals surface area contributed by atoms with Crippen LogP contribution in [0.5, 0.6) is 0 Å². The zero-order valence-corrected chi connectivity index (χ0v) is 6.86. The molecule has 0 radical (unpaired) electrons. The van der Waals surface area contributed by atoms with Crippen LogP contribution in [0.1, 0.15) is 13.8 Å². The van der Waals surface area contributed by atoms with Crippen LogP contribution in [-0.4, -0.2) is 29.4 Å². The fourth-order valence-corrected chi connectivity index (χ4v) is 0.666. The number of carboxylic acids is 1. The molecule has 0 amide bonds. The van der Waals surface area contributed by atoms with Gasteiger partial charge in [-0.05, 0) is 13.8 Å². The second-order valence-electron chi connectivity index (χ2n) is 2.13. The van der Waals surface area contributed by atoms with Crippen LogP contribution in [0.2, 0.25) is 0 Å². The molecule has 0 saturated heterocycles. The van der Waals surface area contributed by atoms with E-state index in [1.165, 1.54) is 6.92 Å². The number of esters is 1. The lowest BCUT2D eigenvalue weighted by molar-refractivity contribution is -0.160. The van der Waals surface area contributed by atoms with Crippen molar-refractivity contribution in [2.24, 2.45) is 5.92 Å². The predicted molar refractivity (Wildman–Crippen MR) is 38.4 cm³/mol. The summed E-state index contributed by atoms with van der Waals surface area (Å²) in [6, 6.07) is 0. The summed E-state index contributed by atoms with van der Waals surface area (Å²) in [6.07, 6.45) is 0. The van der Waals surface area contributed by atoms with E-state index in [9.17, 15) is 14.4 Å². The molecule has 0 aliphatic rings. The lowest BCUT2D eigenvalue weighted by Crippen LogP contribution is -2.31. The van der Waals surface area contributed by atoms with Gasteiger partial charge in [-0.1, -0.05) is 0 Å². The Bertz CT molecular complexity index is 194. The lowest BCUT2D eigenvalue weighted by Gasteiger charge is -2.06. The normalized spacial score (nSPS) is 11.8. The number of rotatable bonds is 4. The van der Waals surface area contributed by atoms with E-state index in [0.717, 1.165) is 6.92 Å². The molecular weight excluding hydrogens is 164 g/mol. The molecule has 0 spiro atoms. The minimum Gasteiger partial charge on any atom is -0.480 e. The Labute approximate surface area is 69.3 Å². The third-order valence-corrected chi connectivity index (χ3v) is 1.18. The maximum Gasteiger partial charge on any atom is 0.328 e. The van der Waals surface area contributed by atoms with Gasteiger partial charge in [0.15, 0.2) is 5.78 Å². The van der Waals surface area contributed by atoms with Crippen molar-refractivity contribution in [1.82, 2.24) is 0 Å². The van der Waals surface area contributed by atoms with Gasteiger partial charge in [0.1, 0.15) is 0 Å². The van der Waals surface area contributed by atoms with E-state index in [1.807, 2.05) is 0 Å². The van der Waals surface area contributed by atoms with Gasteiger partial charge in [-0.3, -0.25) is 14.4 Å². The molecule has 1 atom stereocenters. The second-order valence-corrected chi connectivity index (χ2v) is 2.13. The molecule has 0 heterocycles. The SMILES string of the molecule is CCOC(=O)C(C(C)=O)C(=O)O. The van der Waals surface area contributed by atoms with E-state index >= 15 is 0 Å². The van der Waals surface area contributed by atoms with Gasteiger partial charge in [-0.2, -0.15) is 0 Å². The number of hydrogen-bond acceptors (Lipinski definition) is 4. The molecule has 0 rings (SSSR count). The number of carboxylic acid groups (broad SMARTS) is 1. The van der Waals surface area contributed by atoms with Crippen LogP contribution in [0.4, 0.5) is 0 Å². The summed E-state index contributed by atoms with van der Waals surface area (Å²) < 4.78 is 4.39. The van der Waals surface area contributed by atoms with E-state index in [-0.39, 0.29) is 6.61 Å². The highest BCUT2D eigenvalue weighted by Crippen LogP contribution is 2.01. The lowest BCUT2D eigenvalue weighted by atomic mass is 10.1. The van der Waals surface area contributed by atoms with E-state index < -0.39 is 23.6 Å². The standard InChI is InChI=1S/C7H10O5/c1-3-12-7(11)5(4(2)8)6(9)10/h5H,3H2,1-2H3,(H,9,10). The maximum atomic E-state index is 10.8. The van der Waals surface area contributed by atoms with Gasteiger partial charge in [0.05, 0.1) is 6.61 Å². The van der Waals surface area contributed by atoms with E-state index in [0.29, 0.717) is 0 Å². The summed E-state index contributed by atoms with van der Waals surface area (Å²) in [5.41, 5.74) is 0. The van der Waals surface area contributed by atoms with Crippen LogP contribution in [0, 0.1) is 5.92 Å². The van der Waals surface area contributed by atoms with Gasteiger partial charge in [0.2, 0.25) is 5.92 Å². The Balaban J connectivity index is 4.41. The number of ether oxygens (including phenoxy) is 1. The third-order valence-electron chi connectivity index (χ3n) is 1.18. The Kier molecular flexibility index (Phi) is 3.96. The van der Waals surface area contributed by atoms with Crippen LogP contribution < -0.4 is 0 Å². The highest BCUT2D eigenvalue weighted by Gasteiger charge is 2.32. The summed E-state index contributed by atoms with van der Waals surface area (Å²) >= 11 is 0. The molecule has 1 N–H and O–H groups in total. The molecule has 68 valence electrons. The summed E-state index contributed by atoms with van der Waals surface area (Å²) in [5, 5.41) is 8.42. The van der Waals surface area contributed by atoms with Crippen LogP contribution >= 0.6 is 0 Å². The van der Waals surface area contributed by atoms with Crippen molar-refractivity contribution in [3.63, 3.8) is 0 Å². The summed E-state index contributed by atoms with van der Waals surface area (Å²) in [5.74, 6) is -4.87. The monoisotopic (exact) mass is 174 g/mol. The number of aliphatic carboxylic acids is 1. The quantitative estimate of drug-likeness (QED) is 0.473. The number of hydrogen-bond donors (Lipinski definition) is 1. The summed E-state index contributed by atoms with van der Waals surface area (Å²) in [7, 11) is 0. The van der Waals surface area contributed by atoms with Crippen LogP contribution in [0.15, 0.2) is 0 Å². The van der Waals surface area contributed by atoms with Crippen molar-refractivity contribution in [3.8, 4) is 0 Å². The molecule has 0 aromatic heterocycles. The molecule has 0 aromatic carbocycles. The van der Waals surface area contributed by atoms with Gasteiger partial charge in [-0.25, -0.2) is 0 Å². The van der Waals surface area contributed by atoms with E-state index in [4.69, 9.17) is 5.11 Å². The van der Waals surface area contributed by atoms with Crippen LogP contribution in [0.3, 0.4) is 0 Å². The van der Waals surface area contributed by atoms with Crippen molar-refractivity contribution in [1.29, 1.82) is 0 Å². The van der Waals surface area contributed by atoms with Gasteiger partial charge < -0.3 is 9.84 Å². The Morgan fingerprint density at radius 3 is 2.17 bits per heavy atom. The first-order chi connectivity index (χ1) is 5.50. The second kappa shape index (κ2) is 4.48. The first-order valence-corrected chi connectivity index (χ1v) is 3.40. The minimum atomic E-state index is -1.68. The predicted octanol–water partition coefficient (Wildman–Crippen LogP) is -0.161. The van der Waals surface area contributed by atoms with Crippen molar-refractivity contribution in [2.75, 3.05) is 6.61 Å². The largest absolute Gasteiger partial charge is 0.480 e. The van der Waals surface area contributed by atoms with Crippen molar-refractivity contribution in [3.05, 3.63) is 0 Å². The molecule has 0 aliphatic carbocycles. The zero-order chi connectivity index (χ0) is 9.72. The molecule has 0 aliphatic heterocycles. The first-order valence-electron chi connectivity index (χ1n) is 3.40. The molecule has 5 nitrogen and oxygen atoms in total. The number of ketones is 1. The highest BCUT2D eigenvalue weighted by molar-refractivity contribution is 6.13. The molecule has 5 heteroatoms. The van der Waals surface area contributed by atoms with Gasteiger partial charge in [0.25, 0.3) is 0 Å². The van der Waals surface area contributed by atoms with Crippen LogP contribution in [0.25, 0.3) is 0 Å². The zero-order valence-electron chi connectivity index (χ0n) is 6.86. The van der Waals surface area contributed by atoms with Crippen LogP contribution in [-0.2, 0) is 19.1 Å². The van der Waals surface area contributed by atoms with Crippen molar-refractivity contribution in [2.45, 2.75) is 13.8 Å². The molecule has 0 saturated carbocycles. The van der Waals surface area contributed by atoms with Gasteiger partial charge >= 0.3 is 11.9 Å². The number of carbonyl (C=O) groups is 3.